The van der Waals surface area contributed by atoms with E-state index in [0.29, 0.717) is 17.3 Å². The Kier molecular flexibility index (Phi) is 4.30. The third-order valence-electron chi connectivity index (χ3n) is 2.93. The summed E-state index contributed by atoms with van der Waals surface area (Å²) in [5, 5.41) is 0. The molecule has 0 bridgehead atoms. The van der Waals surface area contributed by atoms with Gasteiger partial charge in [-0.15, -0.1) is 0 Å². The van der Waals surface area contributed by atoms with Crippen molar-refractivity contribution in [3.63, 3.8) is 0 Å². The number of rotatable bonds is 2. The number of carbonyl (C=O) groups is 1. The first-order chi connectivity index (χ1) is 7.29. The maximum absolute atomic E-state index is 12.0. The number of hydrogen-bond acceptors (Lipinski definition) is 2. The molecule has 0 aromatic carbocycles. The molecule has 2 N–H and O–H groups in total. The van der Waals surface area contributed by atoms with Crippen LogP contribution in [0.15, 0.2) is 0 Å². The zero-order valence-corrected chi connectivity index (χ0v) is 11.3. The first-order valence-electron chi connectivity index (χ1n) is 5.87. The van der Waals surface area contributed by atoms with E-state index < -0.39 is 0 Å². The fraction of sp³-hybridized carbons (Fsp3) is 0.833. The summed E-state index contributed by atoms with van der Waals surface area (Å²) in [5.74, 6) is 0.586. The Balaban J connectivity index is 2.42. The normalized spacial score (nSPS) is 18.6. The van der Waals surface area contributed by atoms with Gasteiger partial charge in [-0.05, 0) is 18.3 Å². The van der Waals surface area contributed by atoms with Crippen molar-refractivity contribution in [2.24, 2.45) is 17.1 Å². The number of thiocarbonyl (C=S) groups is 1. The topological polar surface area (TPSA) is 46.3 Å². The Hall–Kier alpha value is -0.640. The second kappa shape index (κ2) is 5.13. The second-order valence-electron chi connectivity index (χ2n) is 5.79. The predicted octanol–water partition coefficient (Wildman–Crippen LogP) is 1.95. The van der Waals surface area contributed by atoms with Crippen molar-refractivity contribution in [3.8, 4) is 0 Å². The van der Waals surface area contributed by atoms with Crippen molar-refractivity contribution < 1.29 is 4.79 Å². The van der Waals surface area contributed by atoms with E-state index in [1.165, 1.54) is 0 Å². The Labute approximate surface area is 103 Å². The lowest BCUT2D eigenvalue weighted by molar-refractivity contribution is -0.134. The zero-order chi connectivity index (χ0) is 12.3. The molecule has 1 aliphatic heterocycles. The van der Waals surface area contributed by atoms with Crippen LogP contribution < -0.4 is 5.73 Å². The van der Waals surface area contributed by atoms with E-state index >= 15 is 0 Å². The van der Waals surface area contributed by atoms with Crippen molar-refractivity contribution >= 4 is 23.1 Å². The molecule has 1 saturated heterocycles. The molecule has 1 fully saturated rings. The molecule has 16 heavy (non-hydrogen) atoms. The van der Waals surface area contributed by atoms with Crippen LogP contribution in [0.2, 0.25) is 0 Å². The number of nitrogens with two attached hydrogens (primary N) is 1. The zero-order valence-electron chi connectivity index (χ0n) is 10.5. The van der Waals surface area contributed by atoms with E-state index in [4.69, 9.17) is 18.0 Å². The van der Waals surface area contributed by atoms with Crippen molar-refractivity contribution in [1.82, 2.24) is 4.90 Å². The number of hydrogen-bond donors (Lipinski definition) is 1. The molecule has 92 valence electrons. The smallest absolute Gasteiger partial charge is 0.223 e. The van der Waals surface area contributed by atoms with Gasteiger partial charge in [0.25, 0.3) is 0 Å². The lowest BCUT2D eigenvalue weighted by Gasteiger charge is -2.33. The van der Waals surface area contributed by atoms with Gasteiger partial charge in [0.1, 0.15) is 0 Å². The number of amides is 1. The van der Waals surface area contributed by atoms with Crippen LogP contribution in [0.4, 0.5) is 0 Å². The minimum atomic E-state index is 0.0666. The van der Waals surface area contributed by atoms with Gasteiger partial charge in [-0.1, -0.05) is 33.0 Å². The molecule has 0 aliphatic carbocycles. The highest BCUT2D eigenvalue weighted by molar-refractivity contribution is 7.80. The quantitative estimate of drug-likeness (QED) is 0.753. The molecule has 0 aromatic rings. The Morgan fingerprint density at radius 3 is 2.25 bits per heavy atom. The van der Waals surface area contributed by atoms with Crippen molar-refractivity contribution in [1.29, 1.82) is 0 Å². The number of carbonyl (C=O) groups excluding carboxylic acids is 1. The lowest BCUT2D eigenvalue weighted by Crippen LogP contribution is -2.42. The molecule has 1 aliphatic rings. The average molecular weight is 242 g/mol. The molecule has 4 heteroatoms. The third-order valence-corrected chi connectivity index (χ3v) is 3.26. The van der Waals surface area contributed by atoms with Gasteiger partial charge < -0.3 is 10.6 Å². The summed E-state index contributed by atoms with van der Waals surface area (Å²) in [6, 6.07) is 0. The van der Waals surface area contributed by atoms with Crippen molar-refractivity contribution in [3.05, 3.63) is 0 Å². The summed E-state index contributed by atoms with van der Waals surface area (Å²) in [5.41, 5.74) is 5.69. The monoisotopic (exact) mass is 242 g/mol. The largest absolute Gasteiger partial charge is 0.393 e. The molecule has 0 aromatic heterocycles. The fourth-order valence-electron chi connectivity index (χ4n) is 1.98. The van der Waals surface area contributed by atoms with Crippen LogP contribution in [-0.4, -0.2) is 28.9 Å². The molecule has 1 heterocycles. The van der Waals surface area contributed by atoms with Crippen LogP contribution in [0.25, 0.3) is 0 Å². The van der Waals surface area contributed by atoms with Gasteiger partial charge in [0.15, 0.2) is 0 Å². The highest BCUT2D eigenvalue weighted by Crippen LogP contribution is 2.23. The first-order valence-corrected chi connectivity index (χ1v) is 6.27. The van der Waals surface area contributed by atoms with Gasteiger partial charge in [-0.25, -0.2) is 0 Å². The minimum absolute atomic E-state index is 0.0666. The summed E-state index contributed by atoms with van der Waals surface area (Å²) in [4.78, 5) is 14.5. The molecular formula is C12H22N2OS. The predicted molar refractivity (Wildman–Crippen MR) is 70.2 cm³/mol. The maximum Gasteiger partial charge on any atom is 0.223 e. The number of piperidine rings is 1. The van der Waals surface area contributed by atoms with Gasteiger partial charge >= 0.3 is 0 Å². The van der Waals surface area contributed by atoms with E-state index in [1.54, 1.807) is 0 Å². The van der Waals surface area contributed by atoms with Crippen molar-refractivity contribution in [2.45, 2.75) is 40.0 Å². The molecule has 1 rings (SSSR count). The summed E-state index contributed by atoms with van der Waals surface area (Å²) < 4.78 is 0. The van der Waals surface area contributed by atoms with Crippen LogP contribution in [0.5, 0.6) is 0 Å². The van der Waals surface area contributed by atoms with Gasteiger partial charge in [-0.2, -0.15) is 0 Å². The molecular weight excluding hydrogens is 220 g/mol. The molecule has 0 spiro atoms. The van der Waals surface area contributed by atoms with Gasteiger partial charge in [0.05, 0.1) is 4.99 Å². The van der Waals surface area contributed by atoms with E-state index in [0.717, 1.165) is 25.9 Å². The summed E-state index contributed by atoms with van der Waals surface area (Å²) >= 11 is 4.98. The van der Waals surface area contributed by atoms with E-state index in [-0.39, 0.29) is 11.3 Å². The fourth-order valence-corrected chi connectivity index (χ4v) is 2.21. The SMILES string of the molecule is CC(C)(C)CC(=O)N1CCC(C(N)=S)CC1. The van der Waals surface area contributed by atoms with Crippen molar-refractivity contribution in [2.75, 3.05) is 13.1 Å². The van der Waals surface area contributed by atoms with E-state index in [2.05, 4.69) is 20.8 Å². The molecule has 3 nitrogen and oxygen atoms in total. The highest BCUT2D eigenvalue weighted by Gasteiger charge is 2.26. The Morgan fingerprint density at radius 1 is 1.38 bits per heavy atom. The second-order valence-corrected chi connectivity index (χ2v) is 6.27. The molecule has 1 amide bonds. The van der Waals surface area contributed by atoms with E-state index in [1.807, 2.05) is 4.90 Å². The van der Waals surface area contributed by atoms with E-state index in [9.17, 15) is 4.79 Å². The third kappa shape index (κ3) is 4.08. The molecule has 0 radical (unpaired) electrons. The summed E-state index contributed by atoms with van der Waals surface area (Å²) in [7, 11) is 0. The molecule has 0 unspecified atom stereocenters. The minimum Gasteiger partial charge on any atom is -0.393 e. The summed E-state index contributed by atoms with van der Waals surface area (Å²) in [6.07, 6.45) is 2.46. The Morgan fingerprint density at radius 2 is 1.88 bits per heavy atom. The van der Waals surface area contributed by atoms with Gasteiger partial charge in [-0.3, -0.25) is 4.79 Å². The molecule has 0 atom stereocenters. The molecule has 0 saturated carbocycles. The van der Waals surface area contributed by atoms with Crippen LogP contribution >= 0.6 is 12.2 Å². The summed E-state index contributed by atoms with van der Waals surface area (Å²) in [6.45, 7) is 7.87. The Bertz CT molecular complexity index is 275. The average Bonchev–Trinajstić information content (AvgIpc) is 2.15. The van der Waals surface area contributed by atoms with Crippen LogP contribution in [0, 0.1) is 11.3 Å². The van der Waals surface area contributed by atoms with Crippen LogP contribution in [0.3, 0.4) is 0 Å². The van der Waals surface area contributed by atoms with Gasteiger partial charge in [0, 0.05) is 25.4 Å². The van der Waals surface area contributed by atoms with Crippen LogP contribution in [-0.2, 0) is 4.79 Å². The highest BCUT2D eigenvalue weighted by atomic mass is 32.1. The van der Waals surface area contributed by atoms with Crippen LogP contribution in [0.1, 0.15) is 40.0 Å². The first kappa shape index (κ1) is 13.4. The maximum atomic E-state index is 12.0. The lowest BCUT2D eigenvalue weighted by atomic mass is 9.90. The standard InChI is InChI=1S/C12H22N2OS/c1-12(2,3)8-10(15)14-6-4-9(5-7-14)11(13)16/h9H,4-8H2,1-3H3,(H2,13,16). The number of nitrogens with zero attached hydrogens (tertiary/aromatic N) is 1. The van der Waals surface area contributed by atoms with Gasteiger partial charge in [0.2, 0.25) is 5.91 Å². The number of likely N-dealkylation sites (tertiary alicyclic amines) is 1.